The van der Waals surface area contributed by atoms with Gasteiger partial charge in [0.15, 0.2) is 6.21 Å². The highest BCUT2D eigenvalue weighted by atomic mass is 16.7. The second kappa shape index (κ2) is 4.07. The molecule has 12 heavy (non-hydrogen) atoms. The van der Waals surface area contributed by atoms with Crippen molar-refractivity contribution in [3.8, 4) is 0 Å². The zero-order chi connectivity index (χ0) is 8.81. The summed E-state index contributed by atoms with van der Waals surface area (Å²) in [5.74, 6) is 0. The number of benzene rings is 1. The lowest BCUT2D eigenvalue weighted by atomic mass is 10.2. The van der Waals surface area contributed by atoms with Gasteiger partial charge in [0.05, 0.1) is 5.03 Å². The van der Waals surface area contributed by atoms with Gasteiger partial charge in [-0.05, 0) is 5.53 Å². The third-order valence-corrected chi connectivity index (χ3v) is 1.15. The van der Waals surface area contributed by atoms with Gasteiger partial charge in [0.25, 0.3) is 0 Å². The number of rotatable bonds is 3. The van der Waals surface area contributed by atoms with Crippen LogP contribution < -0.4 is 5.53 Å². The molecule has 5 heteroatoms. The van der Waals surface area contributed by atoms with Gasteiger partial charge < -0.3 is 10.1 Å². The average Bonchev–Trinajstić information content (AvgIpc) is 2.05. The molecule has 0 heterocycles. The van der Waals surface area contributed by atoms with Gasteiger partial charge in [-0.25, -0.2) is 0 Å². The van der Waals surface area contributed by atoms with Crippen LogP contribution in [0.25, 0.3) is 0 Å². The maximum atomic E-state index is 9.77. The van der Waals surface area contributed by atoms with Crippen molar-refractivity contribution in [3.05, 3.63) is 46.0 Å². The van der Waals surface area contributed by atoms with Crippen LogP contribution in [0.15, 0.2) is 35.4 Å². The molecule has 1 N–H and O–H groups in total. The monoisotopic (exact) mass is 165 g/mol. The Kier molecular flexibility index (Phi) is 2.78. The predicted molar refractivity (Wildman–Crippen MR) is 44.2 cm³/mol. The van der Waals surface area contributed by atoms with E-state index in [1.165, 1.54) is 6.21 Å². The highest BCUT2D eigenvalue weighted by Crippen LogP contribution is 1.92. The van der Waals surface area contributed by atoms with E-state index in [-0.39, 0.29) is 0 Å². The summed E-state index contributed by atoms with van der Waals surface area (Å²) >= 11 is 0. The SMILES string of the molecule is O=[N+]([O-])N/N=C\c1ccccc1. The first kappa shape index (κ1) is 8.19. The van der Waals surface area contributed by atoms with Crippen molar-refractivity contribution < 1.29 is 5.03 Å². The van der Waals surface area contributed by atoms with Crippen molar-refractivity contribution in [1.29, 1.82) is 0 Å². The standard InChI is InChI=1S/C7H7N3O2/c11-10(12)9-8-6-7-4-2-1-3-5-7/h1-6,9H/b8-6-. The summed E-state index contributed by atoms with van der Waals surface area (Å²) in [4.78, 5) is 9.77. The average molecular weight is 165 g/mol. The highest BCUT2D eigenvalue weighted by Gasteiger charge is 1.88. The molecule has 0 spiro atoms. The predicted octanol–water partition coefficient (Wildman–Crippen LogP) is 0.802. The molecule has 1 aromatic rings. The summed E-state index contributed by atoms with van der Waals surface area (Å²) in [6.07, 6.45) is 1.38. The minimum absolute atomic E-state index is 0.723. The molecule has 1 aromatic carbocycles. The Labute approximate surface area is 68.8 Å². The van der Waals surface area contributed by atoms with Crippen molar-refractivity contribution in [2.24, 2.45) is 5.10 Å². The maximum absolute atomic E-state index is 9.77. The maximum Gasteiger partial charge on any atom is 0.172 e. The molecule has 0 bridgehead atoms. The van der Waals surface area contributed by atoms with Gasteiger partial charge >= 0.3 is 0 Å². The second-order valence-electron chi connectivity index (χ2n) is 2.03. The number of hydrogen-bond acceptors (Lipinski definition) is 3. The van der Waals surface area contributed by atoms with E-state index in [4.69, 9.17) is 0 Å². The molecule has 0 aromatic heterocycles. The molecule has 0 radical (unpaired) electrons. The first-order valence-corrected chi connectivity index (χ1v) is 3.27. The Morgan fingerprint density at radius 3 is 2.67 bits per heavy atom. The van der Waals surface area contributed by atoms with E-state index in [0.29, 0.717) is 0 Å². The van der Waals surface area contributed by atoms with E-state index >= 15 is 0 Å². The summed E-state index contributed by atoms with van der Waals surface area (Å²) in [6.45, 7) is 0. The van der Waals surface area contributed by atoms with Crippen LogP contribution in [-0.2, 0) is 0 Å². The van der Waals surface area contributed by atoms with E-state index in [1.54, 1.807) is 17.7 Å². The summed E-state index contributed by atoms with van der Waals surface area (Å²) in [7, 11) is 0. The first-order valence-electron chi connectivity index (χ1n) is 3.27. The smallest absolute Gasteiger partial charge is 0.172 e. The van der Waals surface area contributed by atoms with Crippen LogP contribution in [0.2, 0.25) is 0 Å². The van der Waals surface area contributed by atoms with Crippen LogP contribution in [0, 0.1) is 10.1 Å². The van der Waals surface area contributed by atoms with Gasteiger partial charge in [-0.3, -0.25) is 0 Å². The first-order chi connectivity index (χ1) is 5.79. The lowest BCUT2D eigenvalue weighted by molar-refractivity contribution is -0.544. The van der Waals surface area contributed by atoms with Gasteiger partial charge in [0.1, 0.15) is 0 Å². The van der Waals surface area contributed by atoms with Crippen molar-refractivity contribution in [3.63, 3.8) is 0 Å². The molecule has 0 saturated carbocycles. The molecule has 0 aliphatic rings. The Morgan fingerprint density at radius 2 is 2.08 bits per heavy atom. The van der Waals surface area contributed by atoms with E-state index in [2.05, 4.69) is 5.10 Å². The number of nitrogens with zero attached hydrogens (tertiary/aromatic N) is 2. The number of hydrazone groups is 1. The zero-order valence-electron chi connectivity index (χ0n) is 6.18. The van der Waals surface area contributed by atoms with Gasteiger partial charge in [0.2, 0.25) is 0 Å². The molecule has 0 unspecified atom stereocenters. The van der Waals surface area contributed by atoms with Crippen LogP contribution >= 0.6 is 0 Å². The molecule has 62 valence electrons. The number of hydrazine groups is 1. The Morgan fingerprint density at radius 1 is 1.42 bits per heavy atom. The molecule has 0 aliphatic heterocycles. The third-order valence-electron chi connectivity index (χ3n) is 1.15. The minimum atomic E-state index is -0.723. The lowest BCUT2D eigenvalue weighted by Gasteiger charge is -1.87. The molecule has 1 rings (SSSR count). The largest absolute Gasteiger partial charge is 0.339 e. The normalized spacial score (nSPS) is 10.0. The molecule has 0 amide bonds. The zero-order valence-corrected chi connectivity index (χ0v) is 6.18. The quantitative estimate of drug-likeness (QED) is 0.409. The molecule has 0 saturated heterocycles. The second-order valence-corrected chi connectivity index (χ2v) is 2.03. The van der Waals surface area contributed by atoms with Crippen LogP contribution in [0.4, 0.5) is 0 Å². The third kappa shape index (κ3) is 2.78. The van der Waals surface area contributed by atoms with Gasteiger partial charge in [-0.1, -0.05) is 30.3 Å². The summed E-state index contributed by atoms with van der Waals surface area (Å²) in [6, 6.07) is 9.11. The topological polar surface area (TPSA) is 67.5 Å². The van der Waals surface area contributed by atoms with Crippen molar-refractivity contribution >= 4 is 6.21 Å². The van der Waals surface area contributed by atoms with E-state index in [9.17, 15) is 10.1 Å². The molecular weight excluding hydrogens is 158 g/mol. The highest BCUT2D eigenvalue weighted by molar-refractivity contribution is 5.78. The van der Waals surface area contributed by atoms with E-state index < -0.39 is 5.03 Å². The van der Waals surface area contributed by atoms with Crippen LogP contribution in [0.1, 0.15) is 5.56 Å². The minimum Gasteiger partial charge on any atom is -0.339 e. The summed E-state index contributed by atoms with van der Waals surface area (Å²) < 4.78 is 0. The summed E-state index contributed by atoms with van der Waals surface area (Å²) in [5, 5.41) is 12.4. The summed E-state index contributed by atoms with van der Waals surface area (Å²) in [5.41, 5.74) is 2.50. The molecule has 0 aliphatic carbocycles. The van der Waals surface area contributed by atoms with Crippen molar-refractivity contribution in [1.82, 2.24) is 5.53 Å². The van der Waals surface area contributed by atoms with Crippen molar-refractivity contribution in [2.45, 2.75) is 0 Å². The van der Waals surface area contributed by atoms with Gasteiger partial charge in [-0.2, -0.15) is 0 Å². The fraction of sp³-hybridized carbons (Fsp3) is 0. The van der Waals surface area contributed by atoms with Gasteiger partial charge in [0, 0.05) is 10.7 Å². The molecule has 0 atom stereocenters. The van der Waals surface area contributed by atoms with E-state index in [0.717, 1.165) is 5.56 Å². The van der Waals surface area contributed by atoms with Crippen LogP contribution in [-0.4, -0.2) is 11.2 Å². The number of nitrogens with one attached hydrogen (secondary N) is 1. The Hall–Kier alpha value is -1.91. The number of nitro groups is 1. The van der Waals surface area contributed by atoms with E-state index in [1.807, 2.05) is 18.2 Å². The molecule has 0 fully saturated rings. The Bertz CT molecular complexity index is 284. The fourth-order valence-corrected chi connectivity index (χ4v) is 0.690. The van der Waals surface area contributed by atoms with Crippen LogP contribution in [0.3, 0.4) is 0 Å². The Balaban J connectivity index is 2.52. The van der Waals surface area contributed by atoms with Crippen molar-refractivity contribution in [2.75, 3.05) is 0 Å². The van der Waals surface area contributed by atoms with Gasteiger partial charge in [-0.15, -0.1) is 0 Å². The van der Waals surface area contributed by atoms with Crippen LogP contribution in [0.5, 0.6) is 0 Å². The molecule has 5 nitrogen and oxygen atoms in total. The molecular formula is C7H7N3O2. The fourth-order valence-electron chi connectivity index (χ4n) is 0.690. The lowest BCUT2D eigenvalue weighted by Crippen LogP contribution is -2.14. The number of hydrogen-bond donors (Lipinski definition) is 1.